The first-order chi connectivity index (χ1) is 9.93. The number of aromatic amines is 1. The van der Waals surface area contributed by atoms with Gasteiger partial charge in [0, 0.05) is 5.69 Å². The number of H-pyrrole nitrogens is 1. The van der Waals surface area contributed by atoms with Crippen molar-refractivity contribution in [3.63, 3.8) is 0 Å². The quantitative estimate of drug-likeness (QED) is 0.707. The molecule has 0 fully saturated rings. The average molecular weight is 314 g/mol. The van der Waals surface area contributed by atoms with Gasteiger partial charge in [0.25, 0.3) is 0 Å². The third-order valence-corrected chi connectivity index (χ3v) is 2.87. The zero-order chi connectivity index (χ0) is 15.0. The van der Waals surface area contributed by atoms with E-state index in [0.717, 1.165) is 12.1 Å². The Morgan fingerprint density at radius 1 is 1.19 bits per heavy atom. The molecule has 0 aliphatic carbocycles. The van der Waals surface area contributed by atoms with Crippen molar-refractivity contribution >= 4 is 34.3 Å². The van der Waals surface area contributed by atoms with Gasteiger partial charge in [0.2, 0.25) is 5.28 Å². The Morgan fingerprint density at radius 2 is 2.00 bits per heavy atom. The fraction of sp³-hybridized carbons (Fsp3) is 0.0833. The van der Waals surface area contributed by atoms with Crippen molar-refractivity contribution in [3.8, 4) is 0 Å². The van der Waals surface area contributed by atoms with Crippen LogP contribution in [0.1, 0.15) is 5.56 Å². The molecule has 2 heterocycles. The van der Waals surface area contributed by atoms with Crippen molar-refractivity contribution in [3.05, 3.63) is 41.4 Å². The van der Waals surface area contributed by atoms with Crippen LogP contribution in [0.25, 0.3) is 11.2 Å². The first-order valence-corrected chi connectivity index (χ1v) is 6.12. The Bertz CT molecular complexity index is 799. The summed E-state index contributed by atoms with van der Waals surface area (Å²) < 4.78 is 38.0. The fourth-order valence-electron chi connectivity index (χ4n) is 1.81. The number of hydrogen-bond donors (Lipinski definition) is 2. The number of anilines is 2. The molecule has 2 aromatic heterocycles. The molecule has 0 spiro atoms. The number of fused-ring (bicyclic) bond motifs is 1. The van der Waals surface area contributed by atoms with E-state index < -0.39 is 11.7 Å². The number of rotatable bonds is 2. The Hall–Kier alpha value is -2.35. The van der Waals surface area contributed by atoms with Gasteiger partial charge < -0.3 is 10.3 Å². The molecule has 3 aromatic rings. The first kappa shape index (κ1) is 13.6. The summed E-state index contributed by atoms with van der Waals surface area (Å²) in [6.45, 7) is 0. The van der Waals surface area contributed by atoms with Crippen LogP contribution in [-0.4, -0.2) is 19.9 Å². The van der Waals surface area contributed by atoms with Crippen molar-refractivity contribution in [2.24, 2.45) is 0 Å². The smallest absolute Gasteiger partial charge is 0.338 e. The molecule has 0 saturated heterocycles. The highest BCUT2D eigenvalue weighted by atomic mass is 35.5. The average Bonchev–Trinajstić information content (AvgIpc) is 2.86. The minimum absolute atomic E-state index is 0.0405. The lowest BCUT2D eigenvalue weighted by Gasteiger charge is -2.10. The Morgan fingerprint density at radius 3 is 2.76 bits per heavy atom. The summed E-state index contributed by atoms with van der Waals surface area (Å²) in [4.78, 5) is 14.6. The highest BCUT2D eigenvalue weighted by Crippen LogP contribution is 2.31. The fourth-order valence-corrected chi connectivity index (χ4v) is 1.97. The van der Waals surface area contributed by atoms with Crippen molar-refractivity contribution in [2.75, 3.05) is 5.32 Å². The third-order valence-electron chi connectivity index (χ3n) is 2.70. The van der Waals surface area contributed by atoms with E-state index in [-0.39, 0.29) is 16.8 Å². The molecule has 0 bridgehead atoms. The normalized spacial score (nSPS) is 11.8. The van der Waals surface area contributed by atoms with Crippen LogP contribution in [0.5, 0.6) is 0 Å². The molecular formula is C12H7ClF3N5. The third kappa shape index (κ3) is 2.75. The van der Waals surface area contributed by atoms with Gasteiger partial charge in [0.05, 0.1) is 11.9 Å². The topological polar surface area (TPSA) is 66.5 Å². The number of benzene rings is 1. The van der Waals surface area contributed by atoms with E-state index in [0.29, 0.717) is 11.2 Å². The SMILES string of the molecule is FC(F)(F)c1cccc(Nc2nc(Cl)nc3[nH]cnc23)c1. The largest absolute Gasteiger partial charge is 0.416 e. The maximum Gasteiger partial charge on any atom is 0.416 e. The molecular weight excluding hydrogens is 307 g/mol. The summed E-state index contributed by atoms with van der Waals surface area (Å²) in [5, 5.41) is 2.73. The molecule has 3 rings (SSSR count). The Labute approximate surface area is 121 Å². The predicted octanol–water partition coefficient (Wildman–Crippen LogP) is 3.77. The van der Waals surface area contributed by atoms with Crippen molar-refractivity contribution < 1.29 is 13.2 Å². The van der Waals surface area contributed by atoms with E-state index in [1.165, 1.54) is 18.5 Å². The van der Waals surface area contributed by atoms with E-state index in [4.69, 9.17) is 11.6 Å². The van der Waals surface area contributed by atoms with Gasteiger partial charge in [0.1, 0.15) is 0 Å². The van der Waals surface area contributed by atoms with Crippen molar-refractivity contribution in [1.29, 1.82) is 0 Å². The molecule has 9 heteroatoms. The number of halogens is 4. The molecule has 0 amide bonds. The molecule has 108 valence electrons. The minimum Gasteiger partial charge on any atom is -0.338 e. The molecule has 0 aliphatic heterocycles. The molecule has 2 N–H and O–H groups in total. The summed E-state index contributed by atoms with van der Waals surface area (Å²) in [5.74, 6) is 0.227. The zero-order valence-corrected chi connectivity index (χ0v) is 11.0. The lowest BCUT2D eigenvalue weighted by atomic mass is 10.2. The van der Waals surface area contributed by atoms with Gasteiger partial charge in [-0.1, -0.05) is 6.07 Å². The second-order valence-corrected chi connectivity index (χ2v) is 4.48. The van der Waals surface area contributed by atoms with E-state index >= 15 is 0 Å². The number of alkyl halides is 3. The van der Waals surface area contributed by atoms with Crippen molar-refractivity contribution in [2.45, 2.75) is 6.18 Å². The lowest BCUT2D eigenvalue weighted by Crippen LogP contribution is -2.05. The van der Waals surface area contributed by atoms with E-state index in [2.05, 4.69) is 25.3 Å². The Balaban J connectivity index is 2.01. The first-order valence-electron chi connectivity index (χ1n) is 5.74. The summed E-state index contributed by atoms with van der Waals surface area (Å²) in [6, 6.07) is 4.76. The highest BCUT2D eigenvalue weighted by Gasteiger charge is 2.30. The van der Waals surface area contributed by atoms with Gasteiger partial charge in [-0.3, -0.25) is 0 Å². The second kappa shape index (κ2) is 4.88. The van der Waals surface area contributed by atoms with Gasteiger partial charge >= 0.3 is 6.18 Å². The van der Waals surface area contributed by atoms with Crippen LogP contribution in [0.15, 0.2) is 30.6 Å². The second-order valence-electron chi connectivity index (χ2n) is 4.14. The molecule has 0 atom stereocenters. The van der Waals surface area contributed by atoms with Crippen LogP contribution in [0.2, 0.25) is 5.28 Å². The number of nitrogens with zero attached hydrogens (tertiary/aromatic N) is 3. The zero-order valence-electron chi connectivity index (χ0n) is 10.2. The molecule has 0 saturated carbocycles. The van der Waals surface area contributed by atoms with Gasteiger partial charge in [-0.25, -0.2) is 4.98 Å². The lowest BCUT2D eigenvalue weighted by molar-refractivity contribution is -0.137. The molecule has 21 heavy (non-hydrogen) atoms. The summed E-state index contributed by atoms with van der Waals surface area (Å²) in [5.41, 5.74) is 0.246. The van der Waals surface area contributed by atoms with Crippen LogP contribution in [-0.2, 0) is 6.18 Å². The highest BCUT2D eigenvalue weighted by molar-refractivity contribution is 6.28. The molecule has 0 unspecified atom stereocenters. The van der Waals surface area contributed by atoms with Crippen LogP contribution in [0.4, 0.5) is 24.7 Å². The predicted molar refractivity (Wildman–Crippen MR) is 71.4 cm³/mol. The number of hydrogen-bond acceptors (Lipinski definition) is 4. The van der Waals surface area contributed by atoms with Crippen LogP contribution >= 0.6 is 11.6 Å². The minimum atomic E-state index is -4.41. The van der Waals surface area contributed by atoms with Crippen molar-refractivity contribution in [1.82, 2.24) is 19.9 Å². The molecule has 5 nitrogen and oxygen atoms in total. The van der Waals surface area contributed by atoms with Gasteiger partial charge in [0.15, 0.2) is 17.0 Å². The van der Waals surface area contributed by atoms with Gasteiger partial charge in [-0.05, 0) is 29.8 Å². The molecule has 0 radical (unpaired) electrons. The summed E-state index contributed by atoms with van der Waals surface area (Å²) in [6.07, 6.45) is -3.02. The van der Waals surface area contributed by atoms with E-state index in [9.17, 15) is 13.2 Å². The van der Waals surface area contributed by atoms with E-state index in [1.807, 2.05) is 0 Å². The van der Waals surface area contributed by atoms with Crippen LogP contribution in [0, 0.1) is 0 Å². The van der Waals surface area contributed by atoms with Gasteiger partial charge in [-0.2, -0.15) is 23.1 Å². The van der Waals surface area contributed by atoms with Crippen LogP contribution in [0.3, 0.4) is 0 Å². The number of imidazole rings is 1. The van der Waals surface area contributed by atoms with Gasteiger partial charge in [-0.15, -0.1) is 0 Å². The molecule has 0 aliphatic rings. The monoisotopic (exact) mass is 313 g/mol. The summed E-state index contributed by atoms with van der Waals surface area (Å²) in [7, 11) is 0. The maximum absolute atomic E-state index is 12.7. The number of aromatic nitrogens is 4. The summed E-state index contributed by atoms with van der Waals surface area (Å²) >= 11 is 5.76. The standard InChI is InChI=1S/C12H7ClF3N5/c13-11-20-9-8(17-5-18-9)10(21-11)19-7-3-1-2-6(4-7)12(14,15)16/h1-5H,(H2,17,18,19,20,21). The number of nitrogens with one attached hydrogen (secondary N) is 2. The Kier molecular flexibility index (Phi) is 3.17. The molecule has 1 aromatic carbocycles. The van der Waals surface area contributed by atoms with E-state index in [1.54, 1.807) is 0 Å². The maximum atomic E-state index is 12.7. The van der Waals surface area contributed by atoms with Crippen LogP contribution < -0.4 is 5.32 Å².